The minimum atomic E-state index is -0.403. The van der Waals surface area contributed by atoms with Crippen molar-refractivity contribution in [1.29, 1.82) is 0 Å². The van der Waals surface area contributed by atoms with Crippen LogP contribution in [-0.2, 0) is 16.0 Å². The second-order valence-electron chi connectivity index (χ2n) is 5.60. The normalized spacial score (nSPS) is 10.4. The highest BCUT2D eigenvalue weighted by atomic mass is 16.5. The van der Waals surface area contributed by atoms with E-state index in [2.05, 4.69) is 15.8 Å². The van der Waals surface area contributed by atoms with Crippen molar-refractivity contribution in [3.63, 3.8) is 0 Å². The van der Waals surface area contributed by atoms with Crippen molar-refractivity contribution in [2.45, 2.75) is 13.3 Å². The molecule has 2 aromatic rings. The van der Waals surface area contributed by atoms with Crippen molar-refractivity contribution in [3.8, 4) is 11.5 Å². The molecule has 0 aliphatic rings. The van der Waals surface area contributed by atoms with Gasteiger partial charge in [0.05, 0.1) is 32.9 Å². The fourth-order valence-corrected chi connectivity index (χ4v) is 2.21. The number of carbonyl (C=O) groups is 2. The van der Waals surface area contributed by atoms with E-state index in [1.807, 2.05) is 31.2 Å². The van der Waals surface area contributed by atoms with Crippen LogP contribution in [0.1, 0.15) is 18.1 Å². The second kappa shape index (κ2) is 10.6. The van der Waals surface area contributed by atoms with Crippen LogP contribution in [0.5, 0.6) is 11.5 Å². The van der Waals surface area contributed by atoms with Gasteiger partial charge in [-0.3, -0.25) is 9.59 Å². The molecule has 0 spiro atoms. The summed E-state index contributed by atoms with van der Waals surface area (Å²) in [6.45, 7) is 2.38. The molecule has 2 rings (SSSR count). The largest absolute Gasteiger partial charge is 0.497 e. The number of nitrogens with zero attached hydrogens (tertiary/aromatic N) is 1. The molecule has 0 radical (unpaired) electrons. The van der Waals surface area contributed by atoms with Gasteiger partial charge < -0.3 is 14.8 Å². The van der Waals surface area contributed by atoms with Crippen LogP contribution in [0, 0.1) is 0 Å². The summed E-state index contributed by atoms with van der Waals surface area (Å²) in [5.74, 6) is 0.855. The van der Waals surface area contributed by atoms with Gasteiger partial charge in [0.15, 0.2) is 0 Å². The lowest BCUT2D eigenvalue weighted by atomic mass is 10.1. The molecule has 7 heteroatoms. The molecule has 0 saturated carbocycles. The van der Waals surface area contributed by atoms with Crippen molar-refractivity contribution in [2.24, 2.45) is 5.10 Å². The number of nitrogens with one attached hydrogen (secondary N) is 2. The molecule has 27 heavy (non-hydrogen) atoms. The summed E-state index contributed by atoms with van der Waals surface area (Å²) in [5, 5.41) is 6.42. The number of hydrogen-bond acceptors (Lipinski definition) is 5. The first-order valence-corrected chi connectivity index (χ1v) is 8.55. The third-order valence-corrected chi connectivity index (χ3v) is 3.56. The van der Waals surface area contributed by atoms with E-state index >= 15 is 0 Å². The summed E-state index contributed by atoms with van der Waals surface area (Å²) >= 11 is 0. The van der Waals surface area contributed by atoms with Gasteiger partial charge in [0.1, 0.15) is 11.5 Å². The van der Waals surface area contributed by atoms with Gasteiger partial charge in [-0.25, -0.2) is 5.43 Å². The predicted molar refractivity (Wildman–Crippen MR) is 103 cm³/mol. The van der Waals surface area contributed by atoms with Crippen molar-refractivity contribution >= 4 is 18.0 Å². The Morgan fingerprint density at radius 1 is 1.00 bits per heavy atom. The van der Waals surface area contributed by atoms with Crippen LogP contribution < -0.4 is 20.2 Å². The molecule has 0 unspecified atom stereocenters. The number of carbonyl (C=O) groups excluding carboxylic acids is 2. The van der Waals surface area contributed by atoms with Gasteiger partial charge in [-0.1, -0.05) is 12.1 Å². The lowest BCUT2D eigenvalue weighted by Crippen LogP contribution is -2.35. The number of hydrazone groups is 1. The Morgan fingerprint density at radius 2 is 1.67 bits per heavy atom. The van der Waals surface area contributed by atoms with Crippen molar-refractivity contribution in [3.05, 3.63) is 59.7 Å². The van der Waals surface area contributed by atoms with Gasteiger partial charge >= 0.3 is 0 Å². The molecule has 0 heterocycles. The van der Waals surface area contributed by atoms with Crippen molar-refractivity contribution in [1.82, 2.24) is 10.7 Å². The number of ether oxygens (including phenoxy) is 2. The van der Waals surface area contributed by atoms with E-state index in [4.69, 9.17) is 9.47 Å². The van der Waals surface area contributed by atoms with E-state index in [0.717, 1.165) is 22.6 Å². The van der Waals surface area contributed by atoms with Gasteiger partial charge in [0, 0.05) is 0 Å². The SMILES string of the molecule is CCOc1ccc(/C=N/NC(=O)CNC(=O)Cc2ccc(OC)cc2)cc1. The van der Waals surface area contributed by atoms with Crippen LogP contribution in [0.2, 0.25) is 0 Å². The molecule has 0 fully saturated rings. The molecular weight excluding hydrogens is 346 g/mol. The Morgan fingerprint density at radius 3 is 2.30 bits per heavy atom. The molecule has 0 aromatic heterocycles. The van der Waals surface area contributed by atoms with E-state index in [1.165, 1.54) is 6.21 Å². The van der Waals surface area contributed by atoms with Crippen LogP contribution >= 0.6 is 0 Å². The zero-order valence-electron chi connectivity index (χ0n) is 15.4. The summed E-state index contributed by atoms with van der Waals surface area (Å²) in [6, 6.07) is 14.5. The van der Waals surface area contributed by atoms with Gasteiger partial charge in [-0.15, -0.1) is 0 Å². The number of methoxy groups -OCH3 is 1. The lowest BCUT2D eigenvalue weighted by Gasteiger charge is -2.05. The number of rotatable bonds is 9. The number of hydrogen-bond donors (Lipinski definition) is 2. The molecule has 0 aliphatic carbocycles. The van der Waals surface area contributed by atoms with E-state index < -0.39 is 5.91 Å². The molecule has 2 aromatic carbocycles. The predicted octanol–water partition coefficient (Wildman–Crippen LogP) is 1.90. The maximum atomic E-state index is 11.9. The quantitative estimate of drug-likeness (QED) is 0.522. The Hall–Kier alpha value is -3.35. The highest BCUT2D eigenvalue weighted by Crippen LogP contribution is 2.12. The summed E-state index contributed by atoms with van der Waals surface area (Å²) in [6.07, 6.45) is 1.71. The summed E-state index contributed by atoms with van der Waals surface area (Å²) in [4.78, 5) is 23.6. The molecule has 2 amide bonds. The number of amides is 2. The van der Waals surface area contributed by atoms with Crippen LogP contribution in [0.25, 0.3) is 0 Å². The van der Waals surface area contributed by atoms with Crippen LogP contribution in [-0.4, -0.2) is 38.3 Å². The average molecular weight is 369 g/mol. The van der Waals surface area contributed by atoms with E-state index in [1.54, 1.807) is 31.4 Å². The molecule has 7 nitrogen and oxygen atoms in total. The number of benzene rings is 2. The zero-order chi connectivity index (χ0) is 19.5. The third kappa shape index (κ3) is 7.19. The minimum absolute atomic E-state index is 0.143. The average Bonchev–Trinajstić information content (AvgIpc) is 2.68. The zero-order valence-corrected chi connectivity index (χ0v) is 15.4. The molecule has 142 valence electrons. The van der Waals surface area contributed by atoms with Crippen molar-refractivity contribution < 1.29 is 19.1 Å². The molecule has 2 N–H and O–H groups in total. The fraction of sp³-hybridized carbons (Fsp3) is 0.250. The first-order chi connectivity index (χ1) is 13.1. The Labute approximate surface area is 158 Å². The molecule has 0 bridgehead atoms. The highest BCUT2D eigenvalue weighted by molar-refractivity contribution is 5.87. The van der Waals surface area contributed by atoms with Gasteiger partial charge in [0.25, 0.3) is 5.91 Å². The van der Waals surface area contributed by atoms with Gasteiger partial charge in [0.2, 0.25) is 5.91 Å². The van der Waals surface area contributed by atoms with Crippen LogP contribution in [0.4, 0.5) is 0 Å². The van der Waals surface area contributed by atoms with Crippen molar-refractivity contribution in [2.75, 3.05) is 20.3 Å². The topological polar surface area (TPSA) is 89.0 Å². The summed E-state index contributed by atoms with van der Waals surface area (Å²) in [7, 11) is 1.58. The molecular formula is C20H23N3O4. The smallest absolute Gasteiger partial charge is 0.259 e. The van der Waals surface area contributed by atoms with E-state index in [0.29, 0.717) is 6.61 Å². The molecule has 0 atom stereocenters. The maximum absolute atomic E-state index is 11.9. The fourth-order valence-electron chi connectivity index (χ4n) is 2.21. The van der Waals surface area contributed by atoms with Crippen LogP contribution in [0.15, 0.2) is 53.6 Å². The molecule has 0 saturated heterocycles. The molecule has 0 aliphatic heterocycles. The summed E-state index contributed by atoms with van der Waals surface area (Å²) < 4.78 is 10.4. The minimum Gasteiger partial charge on any atom is -0.497 e. The third-order valence-electron chi connectivity index (χ3n) is 3.56. The standard InChI is InChI=1S/C20H23N3O4/c1-3-27-18-10-6-16(7-11-18)13-22-23-20(25)14-21-19(24)12-15-4-8-17(26-2)9-5-15/h4-11,13H,3,12,14H2,1-2H3,(H,21,24)(H,23,25)/b22-13+. The second-order valence-corrected chi connectivity index (χ2v) is 5.60. The lowest BCUT2D eigenvalue weighted by molar-refractivity contribution is -0.125. The van der Waals surface area contributed by atoms with Crippen LogP contribution in [0.3, 0.4) is 0 Å². The maximum Gasteiger partial charge on any atom is 0.259 e. The van der Waals surface area contributed by atoms with E-state index in [9.17, 15) is 9.59 Å². The van der Waals surface area contributed by atoms with Gasteiger partial charge in [-0.2, -0.15) is 5.10 Å². The monoisotopic (exact) mass is 369 g/mol. The first kappa shape index (κ1) is 20.0. The Bertz CT molecular complexity index is 771. The highest BCUT2D eigenvalue weighted by Gasteiger charge is 2.06. The first-order valence-electron chi connectivity index (χ1n) is 8.55. The van der Waals surface area contributed by atoms with Gasteiger partial charge in [-0.05, 0) is 54.4 Å². The Balaban J connectivity index is 1.70. The Kier molecular flexibility index (Phi) is 7.84. The van der Waals surface area contributed by atoms with E-state index in [-0.39, 0.29) is 18.9 Å². The summed E-state index contributed by atoms with van der Waals surface area (Å²) in [5.41, 5.74) is 4.03.